The molecule has 2 heterocycles. The van der Waals surface area contributed by atoms with Gasteiger partial charge in [-0.2, -0.15) is 5.10 Å². The van der Waals surface area contributed by atoms with Gasteiger partial charge in [0.05, 0.1) is 24.2 Å². The smallest absolute Gasteiger partial charge is 0.358 e. The van der Waals surface area contributed by atoms with E-state index < -0.39 is 16.0 Å². The van der Waals surface area contributed by atoms with Gasteiger partial charge in [-0.05, 0) is 29.8 Å². The van der Waals surface area contributed by atoms with Gasteiger partial charge in [0, 0.05) is 15.3 Å². The Morgan fingerprint density at radius 2 is 2.00 bits per heavy atom. The first kappa shape index (κ1) is 18.6. The number of nitrogens with zero attached hydrogens (tertiary/aromatic N) is 2. The normalized spacial score (nSPS) is 11.5. The Bertz CT molecular complexity index is 1060. The number of halogens is 1. The third-order valence-electron chi connectivity index (χ3n) is 3.58. The maximum atomic E-state index is 11.8. The van der Waals surface area contributed by atoms with E-state index in [9.17, 15) is 13.2 Å². The quantitative estimate of drug-likeness (QED) is 0.650. The van der Waals surface area contributed by atoms with Crippen molar-refractivity contribution in [1.82, 2.24) is 9.78 Å². The first-order chi connectivity index (χ1) is 12.3. The third kappa shape index (κ3) is 3.96. The van der Waals surface area contributed by atoms with Gasteiger partial charge in [-0.1, -0.05) is 23.7 Å². The highest BCUT2D eigenvalue weighted by Gasteiger charge is 2.18. The lowest BCUT2D eigenvalue weighted by molar-refractivity contribution is 0.0593. The summed E-state index contributed by atoms with van der Waals surface area (Å²) in [5, 5.41) is 11.5. The van der Waals surface area contributed by atoms with Gasteiger partial charge < -0.3 is 4.74 Å². The van der Waals surface area contributed by atoms with E-state index in [0.29, 0.717) is 10.7 Å². The molecule has 0 fully saturated rings. The Kier molecular flexibility index (Phi) is 5.15. The third-order valence-corrected chi connectivity index (χ3v) is 5.79. The summed E-state index contributed by atoms with van der Waals surface area (Å²) in [6.07, 6.45) is 0. The van der Waals surface area contributed by atoms with Crippen LogP contribution in [-0.4, -0.2) is 31.3 Å². The fraction of sp³-hybridized carbons (Fsp3) is 0.125. The van der Waals surface area contributed by atoms with Crippen LogP contribution in [0.15, 0.2) is 46.7 Å². The van der Waals surface area contributed by atoms with Crippen molar-refractivity contribution in [1.29, 1.82) is 0 Å². The van der Waals surface area contributed by atoms with Crippen molar-refractivity contribution in [3.63, 3.8) is 0 Å². The van der Waals surface area contributed by atoms with Crippen LogP contribution >= 0.6 is 22.9 Å². The fourth-order valence-electron chi connectivity index (χ4n) is 2.33. The molecule has 3 rings (SSSR count). The summed E-state index contributed by atoms with van der Waals surface area (Å²) in [6, 6.07) is 10.2. The van der Waals surface area contributed by atoms with E-state index >= 15 is 0 Å². The number of esters is 1. The lowest BCUT2D eigenvalue weighted by Crippen LogP contribution is -2.11. The molecule has 0 radical (unpaired) electrons. The van der Waals surface area contributed by atoms with Crippen LogP contribution in [0.1, 0.15) is 15.4 Å². The topological polar surface area (TPSA) is 104 Å². The van der Waals surface area contributed by atoms with E-state index in [4.69, 9.17) is 21.5 Å². The van der Waals surface area contributed by atoms with Crippen LogP contribution in [-0.2, 0) is 21.3 Å². The van der Waals surface area contributed by atoms with Gasteiger partial charge in [-0.3, -0.25) is 4.68 Å². The number of hydrogen-bond acceptors (Lipinski definition) is 6. The van der Waals surface area contributed by atoms with Gasteiger partial charge in [0.2, 0.25) is 10.0 Å². The Labute approximate surface area is 159 Å². The van der Waals surface area contributed by atoms with Crippen molar-refractivity contribution in [2.45, 2.75) is 11.4 Å². The van der Waals surface area contributed by atoms with E-state index in [1.165, 1.54) is 29.9 Å². The first-order valence-electron chi connectivity index (χ1n) is 7.30. The van der Waals surface area contributed by atoms with E-state index in [0.717, 1.165) is 10.4 Å². The zero-order valence-corrected chi connectivity index (χ0v) is 15.9. The minimum absolute atomic E-state index is 0.0471. The number of carbonyl (C=O) groups is 1. The molecule has 1 aromatic carbocycles. The standard InChI is InChI=1S/C16H14ClN3O4S2/c1-24-16(21)14-7-15(10-2-4-11(17)5-3-10)20(19-14)8-12-6-13(9-25-12)26(18,22)23/h2-7,9H,8H2,1H3,(H2,18,22,23). The molecule has 10 heteroatoms. The van der Waals surface area contributed by atoms with Crippen LogP contribution in [0.4, 0.5) is 0 Å². The molecular weight excluding hydrogens is 398 g/mol. The average molecular weight is 412 g/mol. The summed E-state index contributed by atoms with van der Waals surface area (Å²) in [5.74, 6) is -0.560. The summed E-state index contributed by atoms with van der Waals surface area (Å²) < 4.78 is 29.2. The summed E-state index contributed by atoms with van der Waals surface area (Å²) in [5.41, 5.74) is 1.63. The largest absolute Gasteiger partial charge is 0.464 e. The van der Waals surface area contributed by atoms with Gasteiger partial charge in [0.15, 0.2) is 5.69 Å². The van der Waals surface area contributed by atoms with E-state index in [2.05, 4.69) is 5.10 Å². The highest BCUT2D eigenvalue weighted by Crippen LogP contribution is 2.26. The Hall–Kier alpha value is -2.20. The van der Waals surface area contributed by atoms with Crippen LogP contribution in [0, 0.1) is 0 Å². The second-order valence-electron chi connectivity index (χ2n) is 5.36. The molecule has 3 aromatic rings. The molecule has 0 aliphatic carbocycles. The van der Waals surface area contributed by atoms with Crippen LogP contribution in [0.5, 0.6) is 0 Å². The number of primary sulfonamides is 1. The first-order valence-corrected chi connectivity index (χ1v) is 10.1. The number of sulfonamides is 1. The predicted molar refractivity (Wildman–Crippen MR) is 98.8 cm³/mol. The second-order valence-corrected chi connectivity index (χ2v) is 8.36. The zero-order valence-electron chi connectivity index (χ0n) is 13.5. The van der Waals surface area contributed by atoms with Crippen molar-refractivity contribution < 1.29 is 17.9 Å². The lowest BCUT2D eigenvalue weighted by Gasteiger charge is -2.06. The predicted octanol–water partition coefficient (Wildman–Crippen LogP) is 2.75. The molecule has 0 unspecified atom stereocenters. The Balaban J connectivity index is 2.02. The van der Waals surface area contributed by atoms with Gasteiger partial charge in [-0.15, -0.1) is 11.3 Å². The van der Waals surface area contributed by atoms with Crippen molar-refractivity contribution in [3.05, 3.63) is 57.4 Å². The number of nitrogens with two attached hydrogens (primary N) is 1. The summed E-state index contributed by atoms with van der Waals surface area (Å²) in [4.78, 5) is 12.6. The number of benzene rings is 1. The Morgan fingerprint density at radius 1 is 1.31 bits per heavy atom. The minimum Gasteiger partial charge on any atom is -0.464 e. The fourth-order valence-corrected chi connectivity index (χ4v) is 4.25. The van der Waals surface area contributed by atoms with Crippen molar-refractivity contribution in [3.8, 4) is 11.3 Å². The molecule has 0 spiro atoms. The van der Waals surface area contributed by atoms with Crippen LogP contribution < -0.4 is 5.14 Å². The molecule has 136 valence electrons. The average Bonchev–Trinajstić information content (AvgIpc) is 3.22. The van der Waals surface area contributed by atoms with Crippen molar-refractivity contribution >= 4 is 38.9 Å². The Morgan fingerprint density at radius 3 is 2.58 bits per heavy atom. The number of methoxy groups -OCH3 is 1. The second kappa shape index (κ2) is 7.20. The molecule has 0 bridgehead atoms. The maximum absolute atomic E-state index is 11.8. The highest BCUT2D eigenvalue weighted by molar-refractivity contribution is 7.89. The number of hydrogen-bond donors (Lipinski definition) is 1. The number of aromatic nitrogens is 2. The maximum Gasteiger partial charge on any atom is 0.358 e. The molecule has 0 saturated heterocycles. The van der Waals surface area contributed by atoms with Gasteiger partial charge in [0.25, 0.3) is 0 Å². The molecule has 0 amide bonds. The number of carbonyl (C=O) groups excluding carboxylic acids is 1. The van der Waals surface area contributed by atoms with E-state index in [1.807, 2.05) is 0 Å². The molecule has 26 heavy (non-hydrogen) atoms. The van der Waals surface area contributed by atoms with Gasteiger partial charge >= 0.3 is 5.97 Å². The number of rotatable bonds is 5. The van der Waals surface area contributed by atoms with Crippen LogP contribution in [0.25, 0.3) is 11.3 Å². The molecule has 2 aromatic heterocycles. The summed E-state index contributed by atoms with van der Waals surface area (Å²) in [6.45, 7) is 0.273. The molecule has 7 nitrogen and oxygen atoms in total. The van der Waals surface area contributed by atoms with Crippen molar-refractivity contribution in [2.24, 2.45) is 5.14 Å². The summed E-state index contributed by atoms with van der Waals surface area (Å²) >= 11 is 7.17. The van der Waals surface area contributed by atoms with Crippen LogP contribution in [0.2, 0.25) is 5.02 Å². The number of thiophene rings is 1. The zero-order chi connectivity index (χ0) is 18.9. The SMILES string of the molecule is COC(=O)c1cc(-c2ccc(Cl)cc2)n(Cc2cc(S(N)(=O)=O)cs2)n1. The van der Waals surface area contributed by atoms with Gasteiger partial charge in [-0.25, -0.2) is 18.4 Å². The van der Waals surface area contributed by atoms with E-state index in [1.54, 1.807) is 35.0 Å². The minimum atomic E-state index is -3.76. The molecule has 0 saturated carbocycles. The highest BCUT2D eigenvalue weighted by atomic mass is 35.5. The molecule has 2 N–H and O–H groups in total. The molecular formula is C16H14ClN3O4S2. The van der Waals surface area contributed by atoms with Crippen LogP contribution in [0.3, 0.4) is 0 Å². The van der Waals surface area contributed by atoms with Crippen molar-refractivity contribution in [2.75, 3.05) is 7.11 Å². The molecule has 0 aliphatic rings. The number of ether oxygens (including phenoxy) is 1. The summed E-state index contributed by atoms with van der Waals surface area (Å²) in [7, 11) is -2.48. The lowest BCUT2D eigenvalue weighted by atomic mass is 10.1. The molecule has 0 atom stereocenters. The molecule has 0 aliphatic heterocycles. The van der Waals surface area contributed by atoms with E-state index in [-0.39, 0.29) is 17.1 Å². The monoisotopic (exact) mass is 411 g/mol. The van der Waals surface area contributed by atoms with Gasteiger partial charge in [0.1, 0.15) is 0 Å².